The second kappa shape index (κ2) is 5.46. The van der Waals surface area contributed by atoms with Crippen molar-refractivity contribution in [2.45, 2.75) is 30.6 Å². The number of carbonyl (C=O) groups is 1. The van der Waals surface area contributed by atoms with Crippen LogP contribution in [0.1, 0.15) is 25.7 Å². The lowest BCUT2D eigenvalue weighted by atomic mass is 9.83. The summed E-state index contributed by atoms with van der Waals surface area (Å²) in [6.45, 7) is 0. The standard InChI is InChI=1S/C12H13ClFNO3S/c13-19(17,18)11-5-4-9(7-10(11)14)15-12(16)6-8-2-1-3-8/h4-5,7-8H,1-3,6H2,(H,15,16). The molecule has 4 nitrogen and oxygen atoms in total. The lowest BCUT2D eigenvalue weighted by Gasteiger charge is -2.24. The molecule has 0 spiro atoms. The smallest absolute Gasteiger partial charge is 0.264 e. The maximum absolute atomic E-state index is 13.5. The topological polar surface area (TPSA) is 63.2 Å². The summed E-state index contributed by atoms with van der Waals surface area (Å²) < 4.78 is 35.6. The third kappa shape index (κ3) is 3.67. The summed E-state index contributed by atoms with van der Waals surface area (Å²) in [6, 6.07) is 3.31. The van der Waals surface area contributed by atoms with E-state index in [0.717, 1.165) is 31.4 Å². The molecule has 1 aliphatic rings. The quantitative estimate of drug-likeness (QED) is 0.870. The molecule has 0 saturated heterocycles. The molecule has 0 unspecified atom stereocenters. The van der Waals surface area contributed by atoms with E-state index >= 15 is 0 Å². The highest BCUT2D eigenvalue weighted by Crippen LogP contribution is 2.29. The largest absolute Gasteiger partial charge is 0.326 e. The molecule has 1 aliphatic carbocycles. The van der Waals surface area contributed by atoms with E-state index in [0.29, 0.717) is 12.3 Å². The van der Waals surface area contributed by atoms with Crippen LogP contribution >= 0.6 is 10.7 Å². The van der Waals surface area contributed by atoms with E-state index in [1.807, 2.05) is 0 Å². The van der Waals surface area contributed by atoms with Gasteiger partial charge in [-0.2, -0.15) is 0 Å². The van der Waals surface area contributed by atoms with Crippen LogP contribution in [-0.4, -0.2) is 14.3 Å². The highest BCUT2D eigenvalue weighted by Gasteiger charge is 2.21. The van der Waals surface area contributed by atoms with Crippen LogP contribution in [0, 0.1) is 11.7 Å². The van der Waals surface area contributed by atoms with Crippen LogP contribution in [0.4, 0.5) is 10.1 Å². The molecule has 1 aromatic carbocycles. The highest BCUT2D eigenvalue weighted by molar-refractivity contribution is 8.13. The van der Waals surface area contributed by atoms with Crippen LogP contribution in [0.2, 0.25) is 0 Å². The molecule has 19 heavy (non-hydrogen) atoms. The summed E-state index contributed by atoms with van der Waals surface area (Å²) in [5.74, 6) is -0.755. The highest BCUT2D eigenvalue weighted by atomic mass is 35.7. The first-order valence-electron chi connectivity index (χ1n) is 5.90. The number of halogens is 2. The molecule has 0 atom stereocenters. The van der Waals surface area contributed by atoms with Gasteiger partial charge < -0.3 is 5.32 Å². The summed E-state index contributed by atoms with van der Waals surface area (Å²) in [4.78, 5) is 11.0. The second-order valence-corrected chi connectivity index (χ2v) is 7.17. The Labute approximate surface area is 115 Å². The van der Waals surface area contributed by atoms with Crippen LogP contribution in [0.15, 0.2) is 23.1 Å². The van der Waals surface area contributed by atoms with Crippen molar-refractivity contribution in [3.05, 3.63) is 24.0 Å². The van der Waals surface area contributed by atoms with Gasteiger partial charge in [0.25, 0.3) is 9.05 Å². The Balaban J connectivity index is 2.05. The molecule has 0 aliphatic heterocycles. The molecule has 1 saturated carbocycles. The Kier molecular flexibility index (Phi) is 4.10. The fourth-order valence-corrected chi connectivity index (χ4v) is 2.85. The number of benzene rings is 1. The molecule has 1 amide bonds. The zero-order chi connectivity index (χ0) is 14.0. The normalized spacial score (nSPS) is 15.9. The SMILES string of the molecule is O=C(CC1CCC1)Nc1ccc(S(=O)(=O)Cl)c(F)c1. The lowest BCUT2D eigenvalue weighted by Crippen LogP contribution is -2.20. The summed E-state index contributed by atoms with van der Waals surface area (Å²) in [5, 5.41) is 2.54. The summed E-state index contributed by atoms with van der Waals surface area (Å²) in [5.41, 5.74) is 0.228. The molecule has 1 aromatic rings. The van der Waals surface area contributed by atoms with Crippen LogP contribution < -0.4 is 5.32 Å². The van der Waals surface area contributed by atoms with E-state index in [9.17, 15) is 17.6 Å². The van der Waals surface area contributed by atoms with Gasteiger partial charge in [0.1, 0.15) is 10.7 Å². The fraction of sp³-hybridized carbons (Fsp3) is 0.417. The maximum Gasteiger partial charge on any atom is 0.264 e. The van der Waals surface area contributed by atoms with Gasteiger partial charge in [-0.3, -0.25) is 4.79 Å². The van der Waals surface area contributed by atoms with Crippen molar-refractivity contribution in [3.63, 3.8) is 0 Å². The number of amides is 1. The van der Waals surface area contributed by atoms with E-state index in [2.05, 4.69) is 5.32 Å². The Morgan fingerprint density at radius 1 is 1.42 bits per heavy atom. The monoisotopic (exact) mass is 305 g/mol. The first kappa shape index (κ1) is 14.3. The van der Waals surface area contributed by atoms with Crippen molar-refractivity contribution in [2.75, 3.05) is 5.32 Å². The molecule has 0 aromatic heterocycles. The van der Waals surface area contributed by atoms with Crippen molar-refractivity contribution >= 4 is 31.3 Å². The first-order chi connectivity index (χ1) is 8.86. The number of hydrogen-bond donors (Lipinski definition) is 1. The Hall–Kier alpha value is -1.14. The van der Waals surface area contributed by atoms with Crippen LogP contribution in [-0.2, 0) is 13.8 Å². The van der Waals surface area contributed by atoms with E-state index in [-0.39, 0.29) is 11.6 Å². The van der Waals surface area contributed by atoms with Crippen molar-refractivity contribution in [2.24, 2.45) is 5.92 Å². The molecule has 1 N–H and O–H groups in total. The van der Waals surface area contributed by atoms with Crippen molar-refractivity contribution < 1.29 is 17.6 Å². The number of carbonyl (C=O) groups excluding carboxylic acids is 1. The van der Waals surface area contributed by atoms with Crippen molar-refractivity contribution in [1.82, 2.24) is 0 Å². The molecule has 2 rings (SSSR count). The summed E-state index contributed by atoms with van der Waals surface area (Å²) in [7, 11) is 0.954. The summed E-state index contributed by atoms with van der Waals surface area (Å²) >= 11 is 0. The first-order valence-corrected chi connectivity index (χ1v) is 8.21. The third-order valence-electron chi connectivity index (χ3n) is 3.18. The van der Waals surface area contributed by atoms with Gasteiger partial charge in [0.15, 0.2) is 0 Å². The van der Waals surface area contributed by atoms with Crippen molar-refractivity contribution in [1.29, 1.82) is 0 Å². The molecular weight excluding hydrogens is 293 g/mol. The Morgan fingerprint density at radius 2 is 2.11 bits per heavy atom. The minimum Gasteiger partial charge on any atom is -0.326 e. The molecule has 1 fully saturated rings. The van der Waals surface area contributed by atoms with Gasteiger partial charge in [0.05, 0.1) is 0 Å². The van der Waals surface area contributed by atoms with Gasteiger partial charge in [-0.15, -0.1) is 0 Å². The number of rotatable bonds is 4. The zero-order valence-corrected chi connectivity index (χ0v) is 11.6. The van der Waals surface area contributed by atoms with Gasteiger partial charge in [-0.05, 0) is 37.0 Å². The average molecular weight is 306 g/mol. The van der Waals surface area contributed by atoms with Crippen LogP contribution in [0.25, 0.3) is 0 Å². The molecule has 104 valence electrons. The van der Waals surface area contributed by atoms with Gasteiger partial charge in [-0.25, -0.2) is 12.8 Å². The third-order valence-corrected chi connectivity index (χ3v) is 4.53. The van der Waals surface area contributed by atoms with E-state index in [1.54, 1.807) is 0 Å². The molecule has 0 radical (unpaired) electrons. The predicted molar refractivity (Wildman–Crippen MR) is 70.0 cm³/mol. The molecule has 7 heteroatoms. The maximum atomic E-state index is 13.5. The van der Waals surface area contributed by atoms with Crippen LogP contribution in [0.3, 0.4) is 0 Å². The second-order valence-electron chi connectivity index (χ2n) is 4.63. The minimum atomic E-state index is -4.11. The van der Waals surface area contributed by atoms with E-state index in [4.69, 9.17) is 10.7 Å². The molecular formula is C12H13ClFNO3S. The summed E-state index contributed by atoms with van der Waals surface area (Å²) in [6.07, 6.45) is 3.66. The van der Waals surface area contributed by atoms with Gasteiger partial charge in [0, 0.05) is 22.8 Å². The van der Waals surface area contributed by atoms with Gasteiger partial charge in [-0.1, -0.05) is 6.42 Å². The fourth-order valence-electron chi connectivity index (χ4n) is 1.95. The molecule has 0 heterocycles. The Morgan fingerprint density at radius 3 is 2.58 bits per heavy atom. The number of anilines is 1. The van der Waals surface area contributed by atoms with Gasteiger partial charge in [0.2, 0.25) is 5.91 Å². The van der Waals surface area contributed by atoms with E-state index in [1.165, 1.54) is 6.07 Å². The lowest BCUT2D eigenvalue weighted by molar-refractivity contribution is -0.117. The average Bonchev–Trinajstić information content (AvgIpc) is 2.21. The molecule has 0 bridgehead atoms. The number of nitrogens with one attached hydrogen (secondary N) is 1. The van der Waals surface area contributed by atoms with Crippen LogP contribution in [0.5, 0.6) is 0 Å². The zero-order valence-electron chi connectivity index (χ0n) is 10.0. The Bertz CT molecular complexity index is 599. The minimum absolute atomic E-state index is 0.189. The van der Waals surface area contributed by atoms with Gasteiger partial charge >= 0.3 is 0 Å². The van der Waals surface area contributed by atoms with E-state index < -0.39 is 19.8 Å². The van der Waals surface area contributed by atoms with Crippen molar-refractivity contribution in [3.8, 4) is 0 Å². The predicted octanol–water partition coefficient (Wildman–Crippen LogP) is 2.88. The number of hydrogen-bond acceptors (Lipinski definition) is 3.